The second-order valence-corrected chi connectivity index (χ2v) is 12.1. The molecule has 0 fully saturated rings. The SMILES string of the molecule is CCCCCCCCCCCC(CCCCCCCCCCC)COC(=O)CCCCCCCCBr. The quantitative estimate of drug-likeness (QED) is 0.0485. The van der Waals surface area contributed by atoms with Gasteiger partial charge in [-0.1, -0.05) is 171 Å². The van der Waals surface area contributed by atoms with Crippen molar-refractivity contribution in [3.05, 3.63) is 0 Å². The highest BCUT2D eigenvalue weighted by Gasteiger charge is 2.12. The van der Waals surface area contributed by atoms with Crippen molar-refractivity contribution in [2.45, 2.75) is 187 Å². The first kappa shape index (κ1) is 35.9. The maximum Gasteiger partial charge on any atom is 0.305 e. The monoisotopic (exact) mass is 572 g/mol. The van der Waals surface area contributed by atoms with Crippen LogP contribution in [0.2, 0.25) is 0 Å². The van der Waals surface area contributed by atoms with Crippen LogP contribution in [0.1, 0.15) is 187 Å². The average Bonchev–Trinajstić information content (AvgIpc) is 2.88. The van der Waals surface area contributed by atoms with Gasteiger partial charge in [0.05, 0.1) is 6.61 Å². The van der Waals surface area contributed by atoms with Crippen molar-refractivity contribution in [2.24, 2.45) is 5.92 Å². The lowest BCUT2D eigenvalue weighted by atomic mass is 9.94. The highest BCUT2D eigenvalue weighted by Crippen LogP contribution is 2.21. The van der Waals surface area contributed by atoms with E-state index in [1.165, 1.54) is 154 Å². The van der Waals surface area contributed by atoms with Crippen LogP contribution in [-0.4, -0.2) is 17.9 Å². The zero-order chi connectivity index (χ0) is 26.4. The van der Waals surface area contributed by atoms with Gasteiger partial charge in [-0.15, -0.1) is 0 Å². The lowest BCUT2D eigenvalue weighted by Gasteiger charge is -2.17. The van der Waals surface area contributed by atoms with E-state index in [0.717, 1.165) is 18.2 Å². The third kappa shape index (κ3) is 28.5. The van der Waals surface area contributed by atoms with Crippen molar-refractivity contribution in [1.29, 1.82) is 0 Å². The first-order valence-electron chi connectivity index (χ1n) is 16.5. The van der Waals surface area contributed by atoms with Gasteiger partial charge in [-0.2, -0.15) is 0 Å². The van der Waals surface area contributed by atoms with E-state index in [1.54, 1.807) is 0 Å². The molecule has 0 aliphatic rings. The molecule has 0 bridgehead atoms. The molecule has 0 atom stereocenters. The number of rotatable bonds is 30. The Morgan fingerprint density at radius 2 is 0.889 bits per heavy atom. The van der Waals surface area contributed by atoms with Crippen LogP contribution >= 0.6 is 15.9 Å². The normalized spacial score (nSPS) is 11.4. The summed E-state index contributed by atoms with van der Waals surface area (Å²) in [6, 6.07) is 0. The van der Waals surface area contributed by atoms with Crippen molar-refractivity contribution in [1.82, 2.24) is 0 Å². The van der Waals surface area contributed by atoms with E-state index in [1.807, 2.05) is 0 Å². The maximum absolute atomic E-state index is 12.3. The Morgan fingerprint density at radius 1 is 0.528 bits per heavy atom. The van der Waals surface area contributed by atoms with Crippen molar-refractivity contribution in [2.75, 3.05) is 11.9 Å². The topological polar surface area (TPSA) is 26.3 Å². The van der Waals surface area contributed by atoms with Gasteiger partial charge in [-0.05, 0) is 31.6 Å². The van der Waals surface area contributed by atoms with Crippen molar-refractivity contribution in [3.63, 3.8) is 0 Å². The standard InChI is InChI=1S/C33H65BrO2/c1-3-5-7-9-11-13-15-19-23-27-32(28-24-20-16-14-12-10-8-6-4-2)31-36-33(35)29-25-21-17-18-22-26-30-34/h32H,3-31H2,1-2H3. The van der Waals surface area contributed by atoms with Crippen molar-refractivity contribution < 1.29 is 9.53 Å². The van der Waals surface area contributed by atoms with Crippen LogP contribution in [0.25, 0.3) is 0 Å². The fourth-order valence-corrected chi connectivity index (χ4v) is 5.55. The van der Waals surface area contributed by atoms with Gasteiger partial charge in [-0.3, -0.25) is 4.79 Å². The summed E-state index contributed by atoms with van der Waals surface area (Å²) in [5, 5.41) is 1.11. The highest BCUT2D eigenvalue weighted by molar-refractivity contribution is 9.09. The fourth-order valence-electron chi connectivity index (χ4n) is 5.15. The molecule has 0 radical (unpaired) electrons. The van der Waals surface area contributed by atoms with E-state index >= 15 is 0 Å². The Hall–Kier alpha value is -0.0500. The molecule has 0 spiro atoms. The van der Waals surface area contributed by atoms with Crippen LogP contribution in [0.15, 0.2) is 0 Å². The molecule has 3 heteroatoms. The van der Waals surface area contributed by atoms with Crippen LogP contribution in [0.4, 0.5) is 0 Å². The lowest BCUT2D eigenvalue weighted by molar-refractivity contribution is -0.145. The summed E-state index contributed by atoms with van der Waals surface area (Å²) in [6.07, 6.45) is 35.2. The van der Waals surface area contributed by atoms with E-state index < -0.39 is 0 Å². The lowest BCUT2D eigenvalue weighted by Crippen LogP contribution is -2.14. The largest absolute Gasteiger partial charge is 0.465 e. The number of alkyl halides is 1. The zero-order valence-corrected chi connectivity index (χ0v) is 26.4. The van der Waals surface area contributed by atoms with E-state index in [4.69, 9.17) is 4.74 Å². The van der Waals surface area contributed by atoms with Crippen molar-refractivity contribution >= 4 is 21.9 Å². The molecule has 0 aromatic heterocycles. The minimum absolute atomic E-state index is 0.0413. The first-order chi connectivity index (χ1) is 17.7. The number of esters is 1. The molecule has 0 saturated carbocycles. The van der Waals surface area contributed by atoms with Gasteiger partial charge >= 0.3 is 5.97 Å². The van der Waals surface area contributed by atoms with Crippen LogP contribution in [0, 0.1) is 5.92 Å². The Balaban J connectivity index is 4.02. The summed E-state index contributed by atoms with van der Waals surface area (Å²) in [6.45, 7) is 5.24. The summed E-state index contributed by atoms with van der Waals surface area (Å²) in [5.41, 5.74) is 0. The molecule has 0 saturated heterocycles. The van der Waals surface area contributed by atoms with Gasteiger partial charge in [-0.25, -0.2) is 0 Å². The Bertz CT molecular complexity index is 404. The number of carbonyl (C=O) groups is 1. The predicted octanol–water partition coefficient (Wildman–Crippen LogP) is 12.1. The third-order valence-corrected chi connectivity index (χ3v) is 8.24. The summed E-state index contributed by atoms with van der Waals surface area (Å²) >= 11 is 3.49. The molecule has 0 amide bonds. The number of carbonyl (C=O) groups excluding carboxylic acids is 1. The highest BCUT2D eigenvalue weighted by atomic mass is 79.9. The van der Waals surface area contributed by atoms with Gasteiger partial charge in [0, 0.05) is 11.8 Å². The summed E-state index contributed by atoms with van der Waals surface area (Å²) in [7, 11) is 0. The fraction of sp³-hybridized carbons (Fsp3) is 0.970. The van der Waals surface area contributed by atoms with Gasteiger partial charge < -0.3 is 4.74 Å². The van der Waals surface area contributed by atoms with E-state index in [0.29, 0.717) is 18.9 Å². The molecule has 0 aliphatic carbocycles. The van der Waals surface area contributed by atoms with Crippen LogP contribution in [0.3, 0.4) is 0 Å². The van der Waals surface area contributed by atoms with E-state index in [9.17, 15) is 4.79 Å². The molecule has 0 unspecified atom stereocenters. The molecule has 0 heterocycles. The maximum atomic E-state index is 12.3. The Kier molecular flexibility index (Phi) is 31.1. The van der Waals surface area contributed by atoms with Gasteiger partial charge in [0.15, 0.2) is 0 Å². The molecule has 2 nitrogen and oxygen atoms in total. The molecule has 0 rings (SSSR count). The van der Waals surface area contributed by atoms with Gasteiger partial charge in [0.2, 0.25) is 0 Å². The first-order valence-corrected chi connectivity index (χ1v) is 17.6. The molecule has 0 aliphatic heterocycles. The molecule has 36 heavy (non-hydrogen) atoms. The number of ether oxygens (including phenoxy) is 1. The zero-order valence-electron chi connectivity index (χ0n) is 24.8. The second kappa shape index (κ2) is 31.2. The minimum Gasteiger partial charge on any atom is -0.465 e. The summed E-state index contributed by atoms with van der Waals surface area (Å²) < 4.78 is 5.77. The van der Waals surface area contributed by atoms with Crippen molar-refractivity contribution in [3.8, 4) is 0 Å². The van der Waals surface area contributed by atoms with E-state index in [-0.39, 0.29) is 5.97 Å². The second-order valence-electron chi connectivity index (χ2n) is 11.3. The van der Waals surface area contributed by atoms with Crippen LogP contribution in [-0.2, 0) is 9.53 Å². The Labute approximate surface area is 236 Å². The Morgan fingerprint density at radius 3 is 1.31 bits per heavy atom. The number of hydrogen-bond acceptors (Lipinski definition) is 2. The average molecular weight is 574 g/mol. The smallest absolute Gasteiger partial charge is 0.305 e. The van der Waals surface area contributed by atoms with E-state index in [2.05, 4.69) is 29.8 Å². The third-order valence-electron chi connectivity index (χ3n) is 7.68. The van der Waals surface area contributed by atoms with Crippen LogP contribution < -0.4 is 0 Å². The molecule has 0 aromatic rings. The molecule has 0 N–H and O–H groups in total. The number of hydrogen-bond donors (Lipinski definition) is 0. The molecule has 216 valence electrons. The molecular weight excluding hydrogens is 508 g/mol. The van der Waals surface area contributed by atoms with Gasteiger partial charge in [0.1, 0.15) is 0 Å². The summed E-state index contributed by atoms with van der Waals surface area (Å²) in [5.74, 6) is 0.618. The van der Waals surface area contributed by atoms with Crippen LogP contribution in [0.5, 0.6) is 0 Å². The number of halogens is 1. The van der Waals surface area contributed by atoms with Gasteiger partial charge in [0.25, 0.3) is 0 Å². The number of unbranched alkanes of at least 4 members (excludes halogenated alkanes) is 21. The summed E-state index contributed by atoms with van der Waals surface area (Å²) in [4.78, 5) is 12.3. The molecular formula is C33H65BrO2. The molecule has 0 aromatic carbocycles. The predicted molar refractivity (Wildman–Crippen MR) is 164 cm³/mol. The minimum atomic E-state index is 0.0413.